The minimum Gasteiger partial charge on any atom is -0.434 e. The van der Waals surface area contributed by atoms with Crippen LogP contribution < -0.4 is 14.8 Å². The van der Waals surface area contributed by atoms with Crippen LogP contribution in [0.25, 0.3) is 0 Å². The Balaban J connectivity index is 1.63. The summed E-state index contributed by atoms with van der Waals surface area (Å²) < 4.78 is 32.4. The number of nitrogens with one attached hydrogen (secondary N) is 2. The van der Waals surface area contributed by atoms with E-state index in [9.17, 15) is 13.6 Å². The van der Waals surface area contributed by atoms with Crippen LogP contribution in [0.1, 0.15) is 10.4 Å². The highest BCUT2D eigenvalue weighted by molar-refractivity contribution is 8.00. The molecule has 1 amide bonds. The van der Waals surface area contributed by atoms with Gasteiger partial charge in [0.1, 0.15) is 5.75 Å². The van der Waals surface area contributed by atoms with Crippen LogP contribution in [0.4, 0.5) is 19.6 Å². The van der Waals surface area contributed by atoms with E-state index in [-0.39, 0.29) is 11.3 Å². The van der Waals surface area contributed by atoms with E-state index in [1.54, 1.807) is 24.4 Å². The first-order valence-electron chi connectivity index (χ1n) is 7.39. The van der Waals surface area contributed by atoms with Crippen molar-refractivity contribution in [1.29, 1.82) is 0 Å². The van der Waals surface area contributed by atoms with Crippen molar-refractivity contribution in [2.45, 2.75) is 11.5 Å². The fourth-order valence-electron chi connectivity index (χ4n) is 2.03. The summed E-state index contributed by atoms with van der Waals surface area (Å²) in [5.74, 6) is -0.692. The minimum absolute atomic E-state index is 0.0386. The second-order valence-corrected chi connectivity index (χ2v) is 6.67. The number of carbonyl (C=O) groups excluding carboxylic acids is 1. The zero-order valence-electron chi connectivity index (χ0n) is 13.2. The second kappa shape index (κ2) is 8.63. The van der Waals surface area contributed by atoms with Crippen LogP contribution in [0.5, 0.6) is 5.75 Å². The summed E-state index contributed by atoms with van der Waals surface area (Å²) in [6, 6.07) is 12.9. The molecule has 0 fully saturated rings. The van der Waals surface area contributed by atoms with Gasteiger partial charge in [0, 0.05) is 22.2 Å². The highest BCUT2D eigenvalue weighted by atomic mass is 32.2. The van der Waals surface area contributed by atoms with E-state index >= 15 is 0 Å². The number of benzene rings is 2. The van der Waals surface area contributed by atoms with Gasteiger partial charge in [-0.15, -0.1) is 11.3 Å². The SMILES string of the molecule is O=C(Nc1ccc(SNc2nccs2)cc1)c1ccccc1OC(F)F. The molecule has 0 spiro atoms. The summed E-state index contributed by atoms with van der Waals surface area (Å²) in [5, 5.41) is 5.33. The molecule has 2 N–H and O–H groups in total. The summed E-state index contributed by atoms with van der Waals surface area (Å²) in [5.41, 5.74) is 0.581. The highest BCUT2D eigenvalue weighted by Crippen LogP contribution is 2.25. The molecule has 3 aromatic rings. The monoisotopic (exact) mass is 393 g/mol. The summed E-state index contributed by atoms with van der Waals surface area (Å²) >= 11 is 2.88. The molecule has 9 heteroatoms. The van der Waals surface area contributed by atoms with Crippen LogP contribution in [0.3, 0.4) is 0 Å². The number of carbonyl (C=O) groups is 1. The van der Waals surface area contributed by atoms with E-state index in [1.807, 2.05) is 17.5 Å². The lowest BCUT2D eigenvalue weighted by Gasteiger charge is -2.11. The molecule has 2 aromatic carbocycles. The standard InChI is InChI=1S/C17H13F2N3O2S2/c18-16(19)24-14-4-2-1-3-13(14)15(23)21-11-5-7-12(8-6-11)26-22-17-20-9-10-25-17/h1-10,16H,(H,20,22)(H,21,23). The number of ether oxygens (including phenoxy) is 1. The molecule has 0 atom stereocenters. The summed E-state index contributed by atoms with van der Waals surface area (Å²) in [6.07, 6.45) is 1.71. The van der Waals surface area contributed by atoms with Crippen molar-refractivity contribution in [1.82, 2.24) is 4.98 Å². The number of aromatic nitrogens is 1. The first-order valence-corrected chi connectivity index (χ1v) is 9.09. The van der Waals surface area contributed by atoms with Gasteiger partial charge in [-0.3, -0.25) is 4.79 Å². The highest BCUT2D eigenvalue weighted by Gasteiger charge is 2.15. The Morgan fingerprint density at radius 2 is 1.92 bits per heavy atom. The Bertz CT molecular complexity index is 859. The first-order chi connectivity index (χ1) is 12.6. The lowest BCUT2D eigenvalue weighted by Crippen LogP contribution is -2.14. The molecule has 0 unspecified atom stereocenters. The summed E-state index contributed by atoms with van der Waals surface area (Å²) in [7, 11) is 0. The topological polar surface area (TPSA) is 63.2 Å². The van der Waals surface area contributed by atoms with Crippen molar-refractivity contribution in [3.63, 3.8) is 0 Å². The predicted octanol–water partition coefficient (Wildman–Crippen LogP) is 5.12. The van der Waals surface area contributed by atoms with Gasteiger partial charge in [0.25, 0.3) is 5.91 Å². The van der Waals surface area contributed by atoms with Gasteiger partial charge in [0.2, 0.25) is 0 Å². The third kappa shape index (κ3) is 4.93. The molecule has 26 heavy (non-hydrogen) atoms. The van der Waals surface area contributed by atoms with Crippen LogP contribution in [0.15, 0.2) is 65.0 Å². The zero-order chi connectivity index (χ0) is 18.4. The molecule has 0 bridgehead atoms. The zero-order valence-corrected chi connectivity index (χ0v) is 14.8. The molecule has 0 aliphatic heterocycles. The first kappa shape index (κ1) is 18.2. The molecule has 134 valence electrons. The number of halogens is 2. The molecular formula is C17H13F2N3O2S2. The van der Waals surface area contributed by atoms with Gasteiger partial charge < -0.3 is 14.8 Å². The molecular weight excluding hydrogens is 380 g/mol. The third-order valence-corrected chi connectivity index (χ3v) is 4.77. The molecule has 0 radical (unpaired) electrons. The minimum atomic E-state index is -2.99. The number of amides is 1. The summed E-state index contributed by atoms with van der Waals surface area (Å²) in [6.45, 7) is -2.99. The van der Waals surface area contributed by atoms with Gasteiger partial charge in [0.15, 0.2) is 5.13 Å². The van der Waals surface area contributed by atoms with Crippen LogP contribution in [-0.2, 0) is 0 Å². The van der Waals surface area contributed by atoms with E-state index in [0.717, 1.165) is 10.0 Å². The molecule has 0 aliphatic carbocycles. The van der Waals surface area contributed by atoms with Crippen molar-refractivity contribution < 1.29 is 18.3 Å². The average molecular weight is 393 g/mol. The summed E-state index contributed by atoms with van der Waals surface area (Å²) in [4.78, 5) is 17.4. The lowest BCUT2D eigenvalue weighted by atomic mass is 10.2. The number of nitrogens with zero attached hydrogens (tertiary/aromatic N) is 1. The van der Waals surface area contributed by atoms with Crippen molar-refractivity contribution in [3.05, 3.63) is 65.7 Å². The molecule has 0 saturated heterocycles. The Hall–Kier alpha value is -2.65. The van der Waals surface area contributed by atoms with E-state index in [1.165, 1.54) is 41.5 Å². The van der Waals surface area contributed by atoms with E-state index in [0.29, 0.717) is 5.69 Å². The Kier molecular flexibility index (Phi) is 6.03. The van der Waals surface area contributed by atoms with Gasteiger partial charge in [0.05, 0.1) is 5.56 Å². The number of rotatable bonds is 7. The predicted molar refractivity (Wildman–Crippen MR) is 99.1 cm³/mol. The number of hydrogen-bond acceptors (Lipinski definition) is 6. The van der Waals surface area contributed by atoms with Crippen LogP contribution in [0.2, 0.25) is 0 Å². The van der Waals surface area contributed by atoms with Gasteiger partial charge in [-0.05, 0) is 48.3 Å². The largest absolute Gasteiger partial charge is 0.434 e. The third-order valence-electron chi connectivity index (χ3n) is 3.15. The Labute approximate surface area is 156 Å². The van der Waals surface area contributed by atoms with E-state index in [2.05, 4.69) is 19.8 Å². The maximum Gasteiger partial charge on any atom is 0.387 e. The van der Waals surface area contributed by atoms with Gasteiger partial charge in [-0.2, -0.15) is 8.78 Å². The van der Waals surface area contributed by atoms with Crippen molar-refractivity contribution in [3.8, 4) is 5.75 Å². The van der Waals surface area contributed by atoms with Gasteiger partial charge >= 0.3 is 6.61 Å². The molecule has 1 aromatic heterocycles. The second-order valence-electron chi connectivity index (χ2n) is 4.89. The lowest BCUT2D eigenvalue weighted by molar-refractivity contribution is -0.0501. The molecule has 1 heterocycles. The van der Waals surface area contributed by atoms with Gasteiger partial charge in [-0.25, -0.2) is 4.98 Å². The van der Waals surface area contributed by atoms with Crippen molar-refractivity contribution >= 4 is 40.0 Å². The number of thiazole rings is 1. The molecule has 0 aliphatic rings. The fourth-order valence-corrected chi connectivity index (χ4v) is 3.25. The average Bonchev–Trinajstić information content (AvgIpc) is 3.14. The Morgan fingerprint density at radius 3 is 2.62 bits per heavy atom. The smallest absolute Gasteiger partial charge is 0.387 e. The molecule has 3 rings (SSSR count). The van der Waals surface area contributed by atoms with Crippen LogP contribution >= 0.6 is 23.3 Å². The van der Waals surface area contributed by atoms with Gasteiger partial charge in [-0.1, -0.05) is 12.1 Å². The number of alkyl halides is 2. The normalized spacial score (nSPS) is 10.6. The van der Waals surface area contributed by atoms with E-state index < -0.39 is 12.5 Å². The fraction of sp³-hybridized carbons (Fsp3) is 0.0588. The van der Waals surface area contributed by atoms with E-state index in [4.69, 9.17) is 0 Å². The number of hydrogen-bond donors (Lipinski definition) is 2. The molecule has 0 saturated carbocycles. The quantitative estimate of drug-likeness (QED) is 0.546. The number of para-hydroxylation sites is 1. The number of anilines is 2. The van der Waals surface area contributed by atoms with Crippen molar-refractivity contribution in [2.75, 3.05) is 10.0 Å². The maximum atomic E-state index is 12.4. The van der Waals surface area contributed by atoms with Crippen LogP contribution in [0, 0.1) is 0 Å². The molecule has 5 nitrogen and oxygen atoms in total. The maximum absolute atomic E-state index is 12.4. The van der Waals surface area contributed by atoms with Crippen molar-refractivity contribution in [2.24, 2.45) is 0 Å². The van der Waals surface area contributed by atoms with Crippen LogP contribution in [-0.4, -0.2) is 17.5 Å². The Morgan fingerprint density at radius 1 is 1.15 bits per heavy atom.